The number of nitrogens with zero attached hydrogens (tertiary/aromatic N) is 2. The molecule has 4 nitrogen and oxygen atoms in total. The lowest BCUT2D eigenvalue weighted by Gasteiger charge is -2.27. The van der Waals surface area contributed by atoms with Crippen LogP contribution in [-0.4, -0.2) is 47.7 Å². The van der Waals surface area contributed by atoms with E-state index in [-0.39, 0.29) is 11.8 Å². The molecule has 1 saturated carbocycles. The number of likely N-dealkylation sites (tertiary alicyclic amines) is 1. The van der Waals surface area contributed by atoms with E-state index in [1.807, 2.05) is 23.1 Å². The summed E-state index contributed by atoms with van der Waals surface area (Å²) in [6, 6.07) is 7.96. The normalized spacial score (nSPS) is 31.0. The molecule has 0 spiro atoms. The third kappa shape index (κ3) is 2.53. The minimum atomic E-state index is -0.668. The zero-order valence-electron chi connectivity index (χ0n) is 13.9. The number of amides is 1. The fraction of sp³-hybridized carbons (Fsp3) is 0.632. The number of aliphatic hydroxyl groups is 1. The van der Waals surface area contributed by atoms with Crippen LogP contribution in [0.3, 0.4) is 0 Å². The number of carbonyl (C=O) groups excluding carboxylic acids is 1. The standard InChI is InChI=1S/C19H26N2O2/c1-14-12-21(13-19(14,23)15-8-9-15)18(22)16-6-2-3-7-17(16)20-10-4-5-11-20/h2-3,6-7,14-15,23H,4-5,8-13H2,1H3/t14-,19+/m1/s1. The second-order valence-corrected chi connectivity index (χ2v) is 7.56. The average molecular weight is 314 g/mol. The summed E-state index contributed by atoms with van der Waals surface area (Å²) in [7, 11) is 0. The minimum Gasteiger partial charge on any atom is -0.387 e. The Labute approximate surface area is 138 Å². The highest BCUT2D eigenvalue weighted by atomic mass is 16.3. The van der Waals surface area contributed by atoms with E-state index < -0.39 is 5.60 Å². The van der Waals surface area contributed by atoms with E-state index in [2.05, 4.69) is 17.9 Å². The number of carbonyl (C=O) groups is 1. The SMILES string of the molecule is C[C@@H]1CN(C(=O)c2ccccc2N2CCCC2)C[C@@]1(O)C1CC1. The first-order valence-corrected chi connectivity index (χ1v) is 8.95. The molecule has 2 aliphatic heterocycles. The maximum Gasteiger partial charge on any atom is 0.256 e. The number of hydrogen-bond donors (Lipinski definition) is 1. The van der Waals surface area contributed by atoms with Gasteiger partial charge in [-0.2, -0.15) is 0 Å². The second-order valence-electron chi connectivity index (χ2n) is 7.56. The van der Waals surface area contributed by atoms with Gasteiger partial charge >= 0.3 is 0 Å². The molecule has 2 heterocycles. The lowest BCUT2D eigenvalue weighted by molar-refractivity contribution is -0.00363. The number of β-amino-alcohol motifs (C(OH)–C–C–N with tert-alkyl or cyclic N) is 1. The van der Waals surface area contributed by atoms with Gasteiger partial charge in [0.1, 0.15) is 0 Å². The average Bonchev–Trinajstić information content (AvgIpc) is 3.20. The first-order valence-electron chi connectivity index (χ1n) is 8.95. The first kappa shape index (κ1) is 15.0. The Hall–Kier alpha value is -1.55. The molecule has 124 valence electrons. The molecule has 0 bridgehead atoms. The van der Waals surface area contributed by atoms with Gasteiger partial charge in [0.2, 0.25) is 0 Å². The monoisotopic (exact) mass is 314 g/mol. The lowest BCUT2D eigenvalue weighted by atomic mass is 9.88. The molecule has 23 heavy (non-hydrogen) atoms. The van der Waals surface area contributed by atoms with E-state index in [0.717, 1.165) is 37.2 Å². The van der Waals surface area contributed by atoms with Crippen LogP contribution in [0.25, 0.3) is 0 Å². The van der Waals surface area contributed by atoms with Crippen LogP contribution in [0.4, 0.5) is 5.69 Å². The van der Waals surface area contributed by atoms with Crippen LogP contribution in [0.15, 0.2) is 24.3 Å². The number of anilines is 1. The summed E-state index contributed by atoms with van der Waals surface area (Å²) in [5, 5.41) is 10.9. The molecule has 1 N–H and O–H groups in total. The Bertz CT molecular complexity index is 607. The van der Waals surface area contributed by atoms with Crippen LogP contribution in [-0.2, 0) is 0 Å². The van der Waals surface area contributed by atoms with Crippen molar-refractivity contribution >= 4 is 11.6 Å². The van der Waals surface area contributed by atoms with Gasteiger partial charge in [0.25, 0.3) is 5.91 Å². The van der Waals surface area contributed by atoms with Gasteiger partial charge in [0.15, 0.2) is 0 Å². The third-order valence-electron chi connectivity index (χ3n) is 5.94. The molecule has 0 radical (unpaired) electrons. The summed E-state index contributed by atoms with van der Waals surface area (Å²) >= 11 is 0. The zero-order chi connectivity index (χ0) is 16.0. The van der Waals surface area contributed by atoms with Crippen molar-refractivity contribution in [2.45, 2.75) is 38.2 Å². The van der Waals surface area contributed by atoms with Gasteiger partial charge in [-0.15, -0.1) is 0 Å². The lowest BCUT2D eigenvalue weighted by Crippen LogP contribution is -2.40. The maximum absolute atomic E-state index is 13.1. The Balaban J connectivity index is 1.58. The van der Waals surface area contributed by atoms with Crippen molar-refractivity contribution in [3.63, 3.8) is 0 Å². The van der Waals surface area contributed by atoms with Crippen LogP contribution < -0.4 is 4.90 Å². The molecule has 1 aliphatic carbocycles. The van der Waals surface area contributed by atoms with Crippen molar-refractivity contribution in [1.29, 1.82) is 0 Å². The largest absolute Gasteiger partial charge is 0.387 e. The molecule has 3 fully saturated rings. The number of benzene rings is 1. The van der Waals surface area contributed by atoms with Gasteiger partial charge in [-0.05, 0) is 43.7 Å². The summed E-state index contributed by atoms with van der Waals surface area (Å²) in [5.74, 6) is 0.637. The fourth-order valence-electron chi connectivity index (χ4n) is 4.34. The molecular formula is C19H26N2O2. The van der Waals surface area contributed by atoms with E-state index in [0.29, 0.717) is 19.0 Å². The van der Waals surface area contributed by atoms with Gasteiger partial charge in [0, 0.05) is 31.2 Å². The molecule has 2 saturated heterocycles. The van der Waals surface area contributed by atoms with Crippen molar-refractivity contribution in [3.05, 3.63) is 29.8 Å². The highest BCUT2D eigenvalue weighted by Gasteiger charge is 2.53. The second kappa shape index (κ2) is 5.52. The molecule has 0 aromatic heterocycles. The minimum absolute atomic E-state index is 0.0796. The van der Waals surface area contributed by atoms with Gasteiger partial charge in [-0.1, -0.05) is 19.1 Å². The molecule has 4 heteroatoms. The van der Waals surface area contributed by atoms with E-state index in [9.17, 15) is 9.90 Å². The summed E-state index contributed by atoms with van der Waals surface area (Å²) in [6.45, 7) is 5.31. The molecule has 1 aromatic carbocycles. The summed E-state index contributed by atoms with van der Waals surface area (Å²) in [5.41, 5.74) is 1.18. The predicted octanol–water partition coefficient (Wildman–Crippen LogP) is 2.52. The van der Waals surface area contributed by atoms with Gasteiger partial charge in [0.05, 0.1) is 17.7 Å². The van der Waals surface area contributed by atoms with E-state index in [1.165, 1.54) is 12.8 Å². The van der Waals surface area contributed by atoms with Crippen molar-refractivity contribution in [2.75, 3.05) is 31.1 Å². The smallest absolute Gasteiger partial charge is 0.256 e. The van der Waals surface area contributed by atoms with Crippen LogP contribution in [0.1, 0.15) is 43.0 Å². The molecule has 1 amide bonds. The predicted molar refractivity (Wildman–Crippen MR) is 90.6 cm³/mol. The molecule has 1 aromatic rings. The van der Waals surface area contributed by atoms with E-state index in [1.54, 1.807) is 0 Å². The number of hydrogen-bond acceptors (Lipinski definition) is 3. The van der Waals surface area contributed by atoms with Gasteiger partial charge < -0.3 is 14.9 Å². The van der Waals surface area contributed by atoms with Crippen molar-refractivity contribution in [3.8, 4) is 0 Å². The Morgan fingerprint density at radius 2 is 1.91 bits per heavy atom. The van der Waals surface area contributed by atoms with E-state index >= 15 is 0 Å². The molecule has 2 atom stereocenters. The molecule has 3 aliphatic rings. The van der Waals surface area contributed by atoms with Gasteiger partial charge in [-0.3, -0.25) is 4.79 Å². The Morgan fingerprint density at radius 1 is 1.22 bits per heavy atom. The zero-order valence-corrected chi connectivity index (χ0v) is 13.9. The van der Waals surface area contributed by atoms with Crippen LogP contribution in [0, 0.1) is 11.8 Å². The highest BCUT2D eigenvalue weighted by molar-refractivity contribution is 6.00. The molecule has 0 unspecified atom stereocenters. The number of rotatable bonds is 3. The summed E-state index contributed by atoms with van der Waals surface area (Å²) in [6.07, 6.45) is 4.61. The van der Waals surface area contributed by atoms with Crippen LogP contribution in [0.2, 0.25) is 0 Å². The topological polar surface area (TPSA) is 43.8 Å². The Morgan fingerprint density at radius 3 is 2.61 bits per heavy atom. The van der Waals surface area contributed by atoms with Crippen molar-refractivity contribution < 1.29 is 9.90 Å². The highest BCUT2D eigenvalue weighted by Crippen LogP contribution is 2.47. The number of para-hydroxylation sites is 1. The molecular weight excluding hydrogens is 288 g/mol. The molecule has 4 rings (SSSR count). The third-order valence-corrected chi connectivity index (χ3v) is 5.94. The van der Waals surface area contributed by atoms with E-state index in [4.69, 9.17) is 0 Å². The summed E-state index contributed by atoms with van der Waals surface area (Å²) < 4.78 is 0. The van der Waals surface area contributed by atoms with Gasteiger partial charge in [-0.25, -0.2) is 0 Å². The van der Waals surface area contributed by atoms with Crippen LogP contribution >= 0.6 is 0 Å². The first-order chi connectivity index (χ1) is 11.1. The Kier molecular flexibility index (Phi) is 3.60. The fourth-order valence-corrected chi connectivity index (χ4v) is 4.34. The quantitative estimate of drug-likeness (QED) is 0.932. The maximum atomic E-state index is 13.1. The van der Waals surface area contributed by atoms with Crippen molar-refractivity contribution in [2.24, 2.45) is 11.8 Å². The van der Waals surface area contributed by atoms with Crippen molar-refractivity contribution in [1.82, 2.24) is 4.90 Å². The summed E-state index contributed by atoms with van der Waals surface area (Å²) in [4.78, 5) is 17.3. The van der Waals surface area contributed by atoms with Crippen LogP contribution in [0.5, 0.6) is 0 Å².